The van der Waals surface area contributed by atoms with Crippen LogP contribution < -0.4 is 10.1 Å². The van der Waals surface area contributed by atoms with Crippen LogP contribution in [0.15, 0.2) is 10.9 Å². The molecule has 0 saturated heterocycles. The van der Waals surface area contributed by atoms with E-state index in [0.29, 0.717) is 24.7 Å². The average Bonchev–Trinajstić information content (AvgIpc) is 2.81. The van der Waals surface area contributed by atoms with E-state index in [9.17, 15) is 0 Å². The molecular formula is C8H9ClN6O2. The molecule has 0 aliphatic carbocycles. The van der Waals surface area contributed by atoms with Gasteiger partial charge in [-0.1, -0.05) is 5.16 Å². The quantitative estimate of drug-likeness (QED) is 0.829. The van der Waals surface area contributed by atoms with Gasteiger partial charge >= 0.3 is 6.01 Å². The normalized spacial score (nSPS) is 10.2. The van der Waals surface area contributed by atoms with Crippen LogP contribution in [0.3, 0.4) is 0 Å². The van der Waals surface area contributed by atoms with Crippen LogP contribution in [0.25, 0.3) is 0 Å². The van der Waals surface area contributed by atoms with Crippen LogP contribution in [-0.4, -0.2) is 38.7 Å². The van der Waals surface area contributed by atoms with Crippen LogP contribution in [0.5, 0.6) is 6.01 Å². The highest BCUT2D eigenvalue weighted by Gasteiger charge is 2.05. The summed E-state index contributed by atoms with van der Waals surface area (Å²) in [5.74, 6) is 0.940. The molecule has 90 valence electrons. The second kappa shape index (κ2) is 5.39. The van der Waals surface area contributed by atoms with Gasteiger partial charge in [-0.05, 0) is 11.6 Å². The van der Waals surface area contributed by atoms with E-state index in [1.54, 1.807) is 0 Å². The van der Waals surface area contributed by atoms with Crippen LogP contribution in [0, 0.1) is 0 Å². The van der Waals surface area contributed by atoms with Crippen molar-refractivity contribution in [2.24, 2.45) is 0 Å². The summed E-state index contributed by atoms with van der Waals surface area (Å²) in [7, 11) is 1.45. The molecule has 0 unspecified atom stereocenters. The van der Waals surface area contributed by atoms with Crippen molar-refractivity contribution >= 4 is 17.5 Å². The average molecular weight is 257 g/mol. The van der Waals surface area contributed by atoms with Gasteiger partial charge in [-0.3, -0.25) is 0 Å². The highest BCUT2D eigenvalue weighted by Crippen LogP contribution is 2.10. The summed E-state index contributed by atoms with van der Waals surface area (Å²) in [5.41, 5.74) is 0. The second-order valence-electron chi connectivity index (χ2n) is 2.94. The summed E-state index contributed by atoms with van der Waals surface area (Å²) >= 11 is 5.69. The van der Waals surface area contributed by atoms with E-state index in [4.69, 9.17) is 16.3 Å². The number of halogens is 1. The van der Waals surface area contributed by atoms with E-state index >= 15 is 0 Å². The fourth-order valence-corrected chi connectivity index (χ4v) is 1.24. The van der Waals surface area contributed by atoms with Gasteiger partial charge in [0.2, 0.25) is 17.6 Å². The molecule has 0 spiro atoms. The van der Waals surface area contributed by atoms with Crippen LogP contribution in [0.4, 0.5) is 5.95 Å². The largest absolute Gasteiger partial charge is 0.467 e. The summed E-state index contributed by atoms with van der Waals surface area (Å²) in [6.45, 7) is 0.545. The molecule has 0 bridgehead atoms. The molecule has 0 saturated carbocycles. The number of hydrogen-bond acceptors (Lipinski definition) is 8. The Kier molecular flexibility index (Phi) is 3.66. The van der Waals surface area contributed by atoms with E-state index in [-0.39, 0.29) is 11.3 Å². The zero-order valence-electron chi connectivity index (χ0n) is 8.92. The predicted octanol–water partition coefficient (Wildman–Crippen LogP) is 0.571. The summed E-state index contributed by atoms with van der Waals surface area (Å²) in [4.78, 5) is 15.5. The summed E-state index contributed by atoms with van der Waals surface area (Å²) in [6.07, 6.45) is 1.86. The number of aromatic nitrogens is 5. The van der Waals surface area contributed by atoms with Gasteiger partial charge in [0.25, 0.3) is 0 Å². The molecule has 0 atom stereocenters. The van der Waals surface area contributed by atoms with Crippen LogP contribution >= 0.6 is 11.6 Å². The Hall–Kier alpha value is -1.96. The molecule has 0 amide bonds. The van der Waals surface area contributed by atoms with Gasteiger partial charge in [-0.2, -0.15) is 19.9 Å². The van der Waals surface area contributed by atoms with Gasteiger partial charge in [0.05, 0.1) is 7.11 Å². The first-order valence-corrected chi connectivity index (χ1v) is 5.10. The molecule has 1 N–H and O–H groups in total. The van der Waals surface area contributed by atoms with Crippen LogP contribution in [-0.2, 0) is 6.42 Å². The lowest BCUT2D eigenvalue weighted by molar-refractivity contribution is 0.379. The minimum Gasteiger partial charge on any atom is -0.467 e. The fourth-order valence-electron chi connectivity index (χ4n) is 1.09. The number of hydrogen-bond donors (Lipinski definition) is 1. The zero-order valence-corrected chi connectivity index (χ0v) is 9.68. The van der Waals surface area contributed by atoms with Crippen molar-refractivity contribution < 1.29 is 9.26 Å². The molecule has 9 heteroatoms. The van der Waals surface area contributed by atoms with Crippen LogP contribution in [0.1, 0.15) is 5.82 Å². The molecule has 0 aromatic carbocycles. The molecule has 0 aliphatic rings. The van der Waals surface area contributed by atoms with E-state index in [1.807, 2.05) is 0 Å². The molecule has 2 aromatic rings. The Morgan fingerprint density at radius 3 is 3.00 bits per heavy atom. The van der Waals surface area contributed by atoms with Crippen molar-refractivity contribution in [2.75, 3.05) is 19.0 Å². The molecule has 0 radical (unpaired) electrons. The van der Waals surface area contributed by atoms with Gasteiger partial charge in [-0.15, -0.1) is 0 Å². The monoisotopic (exact) mass is 256 g/mol. The summed E-state index contributed by atoms with van der Waals surface area (Å²) in [6, 6.07) is 0.159. The van der Waals surface area contributed by atoms with Crippen molar-refractivity contribution in [1.82, 2.24) is 25.1 Å². The van der Waals surface area contributed by atoms with Crippen molar-refractivity contribution in [3.8, 4) is 6.01 Å². The zero-order chi connectivity index (χ0) is 12.1. The number of nitrogens with zero attached hydrogens (tertiary/aromatic N) is 5. The van der Waals surface area contributed by atoms with E-state index < -0.39 is 0 Å². The highest BCUT2D eigenvalue weighted by atomic mass is 35.5. The number of ether oxygens (including phenoxy) is 1. The maximum absolute atomic E-state index is 5.69. The molecular weight excluding hydrogens is 248 g/mol. The van der Waals surface area contributed by atoms with Crippen LogP contribution in [0.2, 0.25) is 5.28 Å². The standard InChI is InChI=1S/C8H9ClN6O2/c1-16-8-13-6(9)12-7(14-8)10-3-2-5-11-4-17-15-5/h4H,2-3H2,1H3,(H,10,12,13,14). The number of nitrogens with one attached hydrogen (secondary N) is 1. The van der Waals surface area contributed by atoms with E-state index in [1.165, 1.54) is 13.5 Å². The lowest BCUT2D eigenvalue weighted by atomic mass is 10.4. The first-order valence-electron chi connectivity index (χ1n) is 4.72. The van der Waals surface area contributed by atoms with E-state index in [0.717, 1.165) is 0 Å². The molecule has 0 aliphatic heterocycles. The lowest BCUT2D eigenvalue weighted by Gasteiger charge is -2.04. The maximum atomic E-state index is 5.69. The van der Waals surface area contributed by atoms with Gasteiger partial charge in [-0.25, -0.2) is 0 Å². The minimum absolute atomic E-state index is 0.0684. The molecule has 0 fully saturated rings. The number of rotatable bonds is 5. The molecule has 17 heavy (non-hydrogen) atoms. The Bertz CT molecular complexity index is 477. The van der Waals surface area contributed by atoms with Crippen molar-refractivity contribution in [2.45, 2.75) is 6.42 Å². The third-order valence-electron chi connectivity index (χ3n) is 1.81. The summed E-state index contributed by atoms with van der Waals surface area (Å²) in [5, 5.41) is 6.69. The van der Waals surface area contributed by atoms with Gasteiger partial charge in [0.1, 0.15) is 0 Å². The maximum Gasteiger partial charge on any atom is 0.322 e. The smallest absolute Gasteiger partial charge is 0.322 e. The third-order valence-corrected chi connectivity index (χ3v) is 1.98. The van der Waals surface area contributed by atoms with Crippen molar-refractivity contribution in [3.05, 3.63) is 17.5 Å². The Balaban J connectivity index is 1.92. The SMILES string of the molecule is COc1nc(Cl)nc(NCCc2ncon2)n1. The number of methoxy groups -OCH3 is 1. The Morgan fingerprint density at radius 2 is 2.29 bits per heavy atom. The van der Waals surface area contributed by atoms with Gasteiger partial charge in [0.15, 0.2) is 5.82 Å². The molecule has 2 heterocycles. The molecule has 2 aromatic heterocycles. The third kappa shape index (κ3) is 3.25. The summed E-state index contributed by atoms with van der Waals surface area (Å²) < 4.78 is 9.46. The Labute approximate surface area is 101 Å². The van der Waals surface area contributed by atoms with Gasteiger partial charge in [0, 0.05) is 13.0 Å². The minimum atomic E-state index is 0.0684. The van der Waals surface area contributed by atoms with Crippen molar-refractivity contribution in [3.63, 3.8) is 0 Å². The first-order chi connectivity index (χ1) is 8.28. The van der Waals surface area contributed by atoms with Crippen molar-refractivity contribution in [1.29, 1.82) is 0 Å². The fraction of sp³-hybridized carbons (Fsp3) is 0.375. The first kappa shape index (κ1) is 11.5. The molecule has 8 nitrogen and oxygen atoms in total. The predicted molar refractivity (Wildman–Crippen MR) is 57.9 cm³/mol. The Morgan fingerprint density at radius 1 is 1.41 bits per heavy atom. The second-order valence-corrected chi connectivity index (χ2v) is 3.28. The highest BCUT2D eigenvalue weighted by molar-refractivity contribution is 6.28. The van der Waals surface area contributed by atoms with Gasteiger partial charge < -0.3 is 14.6 Å². The lowest BCUT2D eigenvalue weighted by Crippen LogP contribution is -2.10. The topological polar surface area (TPSA) is 98.9 Å². The molecule has 2 rings (SSSR count). The number of anilines is 1. The van der Waals surface area contributed by atoms with E-state index in [2.05, 4.69) is 34.9 Å².